The van der Waals surface area contributed by atoms with Crippen LogP contribution in [0.25, 0.3) is 6.08 Å². The summed E-state index contributed by atoms with van der Waals surface area (Å²) in [5.74, 6) is 0. The van der Waals surface area contributed by atoms with Gasteiger partial charge in [0.1, 0.15) is 6.61 Å². The lowest BCUT2D eigenvalue weighted by Crippen LogP contribution is -1.85. The molecule has 1 nitrogen and oxygen atoms in total. The summed E-state index contributed by atoms with van der Waals surface area (Å²) < 4.78 is 6.55. The molecule has 2 aromatic carbocycles. The highest BCUT2D eigenvalue weighted by atomic mass is 79.9. The molecule has 0 unspecified atom stereocenters. The maximum atomic E-state index is 5.47. The number of ether oxygens (including phenoxy) is 1. The van der Waals surface area contributed by atoms with Crippen molar-refractivity contribution in [3.05, 3.63) is 76.5 Å². The summed E-state index contributed by atoms with van der Waals surface area (Å²) in [6, 6.07) is 18.2. The van der Waals surface area contributed by atoms with Gasteiger partial charge in [0.15, 0.2) is 0 Å². The number of rotatable bonds is 4. The molecule has 0 saturated heterocycles. The summed E-state index contributed by atoms with van der Waals surface area (Å²) in [5.41, 5.74) is 2.30. The van der Waals surface area contributed by atoms with Crippen molar-refractivity contribution in [2.75, 3.05) is 0 Å². The first kappa shape index (κ1) is 11.9. The molecular formula is C15H13BrO. The summed E-state index contributed by atoms with van der Waals surface area (Å²) in [7, 11) is 0. The van der Waals surface area contributed by atoms with Gasteiger partial charge in [-0.15, -0.1) is 0 Å². The molecule has 0 heterocycles. The molecule has 0 aromatic heterocycles. The van der Waals surface area contributed by atoms with Crippen molar-refractivity contribution < 1.29 is 4.74 Å². The predicted octanol–water partition coefficient (Wildman–Crippen LogP) is 4.64. The van der Waals surface area contributed by atoms with Gasteiger partial charge in [0.25, 0.3) is 0 Å². The maximum Gasteiger partial charge on any atom is 0.112 e. The molecule has 0 spiro atoms. The topological polar surface area (TPSA) is 9.23 Å². The van der Waals surface area contributed by atoms with Gasteiger partial charge in [-0.3, -0.25) is 0 Å². The van der Waals surface area contributed by atoms with Gasteiger partial charge in [0, 0.05) is 4.47 Å². The van der Waals surface area contributed by atoms with Crippen molar-refractivity contribution in [1.29, 1.82) is 0 Å². The molecule has 0 aliphatic carbocycles. The van der Waals surface area contributed by atoms with Crippen molar-refractivity contribution in [3.8, 4) is 0 Å². The first-order valence-electron chi connectivity index (χ1n) is 5.42. The van der Waals surface area contributed by atoms with E-state index in [9.17, 15) is 0 Å². The van der Waals surface area contributed by atoms with Crippen LogP contribution in [0.5, 0.6) is 0 Å². The summed E-state index contributed by atoms with van der Waals surface area (Å²) in [4.78, 5) is 0. The van der Waals surface area contributed by atoms with Crippen LogP contribution < -0.4 is 0 Å². The molecule has 0 fully saturated rings. The van der Waals surface area contributed by atoms with E-state index in [1.54, 1.807) is 6.26 Å². The lowest BCUT2D eigenvalue weighted by molar-refractivity contribution is 0.239. The van der Waals surface area contributed by atoms with Gasteiger partial charge in [-0.05, 0) is 29.3 Å². The third-order valence-electron chi connectivity index (χ3n) is 2.32. The Morgan fingerprint density at radius 2 is 1.65 bits per heavy atom. The highest BCUT2D eigenvalue weighted by Gasteiger charge is 1.91. The Morgan fingerprint density at radius 1 is 0.941 bits per heavy atom. The summed E-state index contributed by atoms with van der Waals surface area (Å²) >= 11 is 3.40. The second kappa shape index (κ2) is 6.26. The molecule has 86 valence electrons. The molecule has 0 bridgehead atoms. The Bertz CT molecular complexity index is 474. The number of hydrogen-bond acceptors (Lipinski definition) is 1. The van der Waals surface area contributed by atoms with Crippen LogP contribution in [0.3, 0.4) is 0 Å². The maximum absolute atomic E-state index is 5.47. The quantitative estimate of drug-likeness (QED) is 0.745. The highest BCUT2D eigenvalue weighted by molar-refractivity contribution is 9.10. The first-order valence-corrected chi connectivity index (χ1v) is 6.21. The third-order valence-corrected chi connectivity index (χ3v) is 2.85. The third kappa shape index (κ3) is 4.08. The van der Waals surface area contributed by atoms with Crippen LogP contribution in [0.4, 0.5) is 0 Å². The molecule has 0 radical (unpaired) electrons. The molecule has 0 aliphatic heterocycles. The Kier molecular flexibility index (Phi) is 4.39. The van der Waals surface area contributed by atoms with Crippen LogP contribution in [0.15, 0.2) is 65.3 Å². The Morgan fingerprint density at radius 3 is 2.35 bits per heavy atom. The second-order valence-corrected chi connectivity index (χ2v) is 4.57. The minimum atomic E-state index is 0.594. The largest absolute Gasteiger partial charge is 0.496 e. The van der Waals surface area contributed by atoms with E-state index >= 15 is 0 Å². The fraction of sp³-hybridized carbons (Fsp3) is 0.0667. The molecule has 2 aromatic rings. The van der Waals surface area contributed by atoms with Crippen LogP contribution in [0.2, 0.25) is 0 Å². The lowest BCUT2D eigenvalue weighted by Gasteiger charge is -2.01. The van der Waals surface area contributed by atoms with Gasteiger partial charge in [-0.1, -0.05) is 58.4 Å². The van der Waals surface area contributed by atoms with E-state index in [2.05, 4.69) is 15.9 Å². The Hall–Kier alpha value is -1.54. The molecule has 2 rings (SSSR count). The van der Waals surface area contributed by atoms with Crippen molar-refractivity contribution in [2.24, 2.45) is 0 Å². The molecule has 0 aliphatic rings. The lowest BCUT2D eigenvalue weighted by atomic mass is 10.2. The standard InChI is InChI=1S/C15H13BrO/c16-15-8-6-14(7-9-15)12-17-11-10-13-4-2-1-3-5-13/h1-11H,12H2. The smallest absolute Gasteiger partial charge is 0.112 e. The van der Waals surface area contributed by atoms with Gasteiger partial charge < -0.3 is 4.74 Å². The first-order chi connectivity index (χ1) is 8.34. The van der Waals surface area contributed by atoms with E-state index in [-0.39, 0.29) is 0 Å². The zero-order chi connectivity index (χ0) is 11.9. The fourth-order valence-electron chi connectivity index (χ4n) is 1.42. The fourth-order valence-corrected chi connectivity index (χ4v) is 1.68. The number of halogens is 1. The predicted molar refractivity (Wildman–Crippen MR) is 74.4 cm³/mol. The van der Waals surface area contributed by atoms with Gasteiger partial charge in [-0.2, -0.15) is 0 Å². The van der Waals surface area contributed by atoms with Crippen molar-refractivity contribution in [2.45, 2.75) is 6.61 Å². The van der Waals surface area contributed by atoms with Crippen molar-refractivity contribution in [1.82, 2.24) is 0 Å². The average Bonchev–Trinajstić information content (AvgIpc) is 2.38. The normalized spacial score (nSPS) is 10.6. The minimum Gasteiger partial charge on any atom is -0.496 e. The van der Waals surface area contributed by atoms with E-state index in [1.165, 1.54) is 0 Å². The minimum absolute atomic E-state index is 0.594. The molecule has 0 N–H and O–H groups in total. The zero-order valence-electron chi connectivity index (χ0n) is 9.34. The van der Waals surface area contributed by atoms with E-state index < -0.39 is 0 Å². The Labute approximate surface area is 110 Å². The van der Waals surface area contributed by atoms with Gasteiger partial charge in [-0.25, -0.2) is 0 Å². The van der Waals surface area contributed by atoms with E-state index in [1.807, 2.05) is 60.7 Å². The van der Waals surface area contributed by atoms with E-state index in [4.69, 9.17) is 4.74 Å². The molecule has 0 saturated carbocycles. The van der Waals surface area contributed by atoms with Crippen molar-refractivity contribution >= 4 is 22.0 Å². The number of hydrogen-bond donors (Lipinski definition) is 0. The summed E-state index contributed by atoms with van der Waals surface area (Å²) in [6.07, 6.45) is 3.69. The molecule has 17 heavy (non-hydrogen) atoms. The Balaban J connectivity index is 1.84. The monoisotopic (exact) mass is 288 g/mol. The van der Waals surface area contributed by atoms with Crippen LogP contribution in [0.1, 0.15) is 11.1 Å². The van der Waals surface area contributed by atoms with E-state index in [0.717, 1.165) is 15.6 Å². The van der Waals surface area contributed by atoms with Crippen LogP contribution in [0, 0.1) is 0 Å². The highest BCUT2D eigenvalue weighted by Crippen LogP contribution is 2.11. The molecule has 0 amide bonds. The zero-order valence-corrected chi connectivity index (χ0v) is 10.9. The SMILES string of the molecule is Brc1ccc(COC=Cc2ccccc2)cc1. The summed E-state index contributed by atoms with van der Waals surface area (Å²) in [6.45, 7) is 0.594. The number of benzene rings is 2. The van der Waals surface area contributed by atoms with E-state index in [0.29, 0.717) is 6.61 Å². The van der Waals surface area contributed by atoms with Crippen LogP contribution in [-0.4, -0.2) is 0 Å². The molecule has 2 heteroatoms. The van der Waals surface area contributed by atoms with Crippen LogP contribution in [-0.2, 0) is 11.3 Å². The van der Waals surface area contributed by atoms with Crippen LogP contribution >= 0.6 is 15.9 Å². The van der Waals surface area contributed by atoms with Crippen molar-refractivity contribution in [3.63, 3.8) is 0 Å². The second-order valence-electron chi connectivity index (χ2n) is 3.65. The van der Waals surface area contributed by atoms with Gasteiger partial charge >= 0.3 is 0 Å². The van der Waals surface area contributed by atoms with Gasteiger partial charge in [0.2, 0.25) is 0 Å². The van der Waals surface area contributed by atoms with Gasteiger partial charge in [0.05, 0.1) is 6.26 Å². The average molecular weight is 289 g/mol. The summed E-state index contributed by atoms with van der Waals surface area (Å²) in [5, 5.41) is 0. The molecular weight excluding hydrogens is 276 g/mol. The molecule has 0 atom stereocenters.